The number of aryl methyl sites for hydroxylation is 1. The van der Waals surface area contributed by atoms with Crippen LogP contribution in [-0.4, -0.2) is 19.0 Å². The maximum atomic E-state index is 11.9. The lowest BCUT2D eigenvalue weighted by molar-refractivity contribution is 0.0898. The molecule has 4 heteroatoms. The fraction of sp³-hybridized carbons (Fsp3) is 0.643. The molecule has 1 aromatic heterocycles. The van der Waals surface area contributed by atoms with Gasteiger partial charge in [-0.3, -0.25) is 4.79 Å². The van der Waals surface area contributed by atoms with Gasteiger partial charge in [0, 0.05) is 13.0 Å². The smallest absolute Gasteiger partial charge is 0.287 e. The minimum atomic E-state index is -0.158. The summed E-state index contributed by atoms with van der Waals surface area (Å²) in [6.45, 7) is 7.37. The van der Waals surface area contributed by atoms with Gasteiger partial charge in [-0.05, 0) is 36.9 Å². The number of carbonyl (C=O) groups is 1. The van der Waals surface area contributed by atoms with E-state index in [0.717, 1.165) is 25.0 Å². The molecule has 1 heterocycles. The monoisotopic (exact) mass is 252 g/mol. The summed E-state index contributed by atoms with van der Waals surface area (Å²) in [5.41, 5.74) is 5.80. The highest BCUT2D eigenvalue weighted by Gasteiger charge is 2.25. The van der Waals surface area contributed by atoms with Gasteiger partial charge in [-0.15, -0.1) is 0 Å². The van der Waals surface area contributed by atoms with Gasteiger partial charge in [0.05, 0.1) is 0 Å². The Balaban J connectivity index is 2.59. The number of carbonyl (C=O) groups excluding carboxylic acids is 1. The first-order valence-corrected chi connectivity index (χ1v) is 6.67. The summed E-state index contributed by atoms with van der Waals surface area (Å²) in [4.78, 5) is 11.9. The van der Waals surface area contributed by atoms with Crippen molar-refractivity contribution < 1.29 is 9.21 Å². The molecule has 0 spiro atoms. The van der Waals surface area contributed by atoms with E-state index in [2.05, 4.69) is 19.2 Å². The highest BCUT2D eigenvalue weighted by atomic mass is 16.3. The van der Waals surface area contributed by atoms with Crippen molar-refractivity contribution in [2.45, 2.75) is 40.0 Å². The predicted molar refractivity (Wildman–Crippen MR) is 72.5 cm³/mol. The zero-order valence-corrected chi connectivity index (χ0v) is 11.6. The summed E-state index contributed by atoms with van der Waals surface area (Å²) < 4.78 is 5.42. The average molecular weight is 252 g/mol. The molecule has 4 nitrogen and oxygen atoms in total. The van der Waals surface area contributed by atoms with Crippen molar-refractivity contribution >= 4 is 5.91 Å². The molecule has 102 valence electrons. The maximum Gasteiger partial charge on any atom is 0.287 e. The van der Waals surface area contributed by atoms with E-state index in [9.17, 15) is 4.79 Å². The van der Waals surface area contributed by atoms with Crippen molar-refractivity contribution in [1.29, 1.82) is 0 Å². The lowest BCUT2D eigenvalue weighted by Crippen LogP contribution is -2.41. The molecule has 1 amide bonds. The summed E-state index contributed by atoms with van der Waals surface area (Å²) in [6, 6.07) is 3.56. The highest BCUT2D eigenvalue weighted by molar-refractivity contribution is 5.91. The van der Waals surface area contributed by atoms with Crippen LogP contribution in [-0.2, 0) is 6.42 Å². The second kappa shape index (κ2) is 6.59. The summed E-state index contributed by atoms with van der Waals surface area (Å²) in [7, 11) is 0. The Bertz CT molecular complexity index is 373. The average Bonchev–Trinajstić information content (AvgIpc) is 2.89. The van der Waals surface area contributed by atoms with Gasteiger partial charge < -0.3 is 15.5 Å². The van der Waals surface area contributed by atoms with E-state index >= 15 is 0 Å². The molecule has 0 aliphatic carbocycles. The summed E-state index contributed by atoms with van der Waals surface area (Å²) in [6.07, 6.45) is 2.71. The van der Waals surface area contributed by atoms with E-state index in [1.165, 1.54) is 0 Å². The number of nitrogens with two attached hydrogens (primary N) is 1. The maximum absolute atomic E-state index is 11.9. The largest absolute Gasteiger partial charge is 0.456 e. The first kappa shape index (κ1) is 14.8. The molecule has 1 aromatic rings. The van der Waals surface area contributed by atoms with E-state index in [-0.39, 0.29) is 11.3 Å². The fourth-order valence-electron chi connectivity index (χ4n) is 1.91. The number of rotatable bonds is 7. The Kier molecular flexibility index (Phi) is 5.41. The normalized spacial score (nSPS) is 11.6. The lowest BCUT2D eigenvalue weighted by atomic mass is 9.82. The SMILES string of the molecule is CCc1ccc(C(=O)NCC(CC)(CC)CN)o1. The van der Waals surface area contributed by atoms with Gasteiger partial charge in [0.2, 0.25) is 0 Å². The van der Waals surface area contributed by atoms with Crippen LogP contribution in [0.1, 0.15) is 49.9 Å². The van der Waals surface area contributed by atoms with Gasteiger partial charge in [0.25, 0.3) is 5.91 Å². The standard InChI is InChI=1S/C14H24N2O2/c1-4-11-7-8-12(18-11)13(17)16-10-14(5-2,6-3)9-15/h7-8H,4-6,9-10,15H2,1-3H3,(H,16,17). The third-order valence-electron chi connectivity index (χ3n) is 3.79. The molecule has 0 atom stereocenters. The summed E-state index contributed by atoms with van der Waals surface area (Å²) in [5.74, 6) is 1.05. The van der Waals surface area contributed by atoms with Crippen LogP contribution in [0.15, 0.2) is 16.5 Å². The van der Waals surface area contributed by atoms with E-state index in [0.29, 0.717) is 18.8 Å². The third kappa shape index (κ3) is 3.35. The molecule has 1 rings (SSSR count). The van der Waals surface area contributed by atoms with Crippen LogP contribution in [0.25, 0.3) is 0 Å². The molecule has 0 aliphatic rings. The lowest BCUT2D eigenvalue weighted by Gasteiger charge is -2.30. The summed E-state index contributed by atoms with van der Waals surface area (Å²) in [5, 5.41) is 2.92. The van der Waals surface area contributed by atoms with Crippen molar-refractivity contribution in [3.63, 3.8) is 0 Å². The number of furan rings is 1. The van der Waals surface area contributed by atoms with Crippen molar-refractivity contribution in [3.8, 4) is 0 Å². The number of nitrogens with one attached hydrogen (secondary N) is 1. The molecule has 0 saturated carbocycles. The Hall–Kier alpha value is -1.29. The molecule has 0 aliphatic heterocycles. The minimum Gasteiger partial charge on any atom is -0.456 e. The Morgan fingerprint density at radius 3 is 2.44 bits per heavy atom. The Morgan fingerprint density at radius 1 is 1.33 bits per heavy atom. The molecule has 0 aromatic carbocycles. The molecule has 0 saturated heterocycles. The molecule has 0 unspecified atom stereocenters. The fourth-order valence-corrected chi connectivity index (χ4v) is 1.91. The molecule has 3 N–H and O–H groups in total. The molecule has 18 heavy (non-hydrogen) atoms. The van der Waals surface area contributed by atoms with Crippen LogP contribution < -0.4 is 11.1 Å². The van der Waals surface area contributed by atoms with Gasteiger partial charge in [0.15, 0.2) is 5.76 Å². The number of hydrogen-bond donors (Lipinski definition) is 2. The van der Waals surface area contributed by atoms with E-state index in [1.807, 2.05) is 13.0 Å². The van der Waals surface area contributed by atoms with E-state index in [1.54, 1.807) is 6.07 Å². The van der Waals surface area contributed by atoms with Crippen molar-refractivity contribution in [2.24, 2.45) is 11.1 Å². The number of hydrogen-bond acceptors (Lipinski definition) is 3. The van der Waals surface area contributed by atoms with Gasteiger partial charge >= 0.3 is 0 Å². The van der Waals surface area contributed by atoms with Crippen LogP contribution >= 0.6 is 0 Å². The van der Waals surface area contributed by atoms with Gasteiger partial charge in [-0.2, -0.15) is 0 Å². The topological polar surface area (TPSA) is 68.3 Å². The van der Waals surface area contributed by atoms with Crippen molar-refractivity contribution in [2.75, 3.05) is 13.1 Å². The van der Waals surface area contributed by atoms with E-state index < -0.39 is 0 Å². The molecule has 0 fully saturated rings. The molecule has 0 radical (unpaired) electrons. The zero-order valence-electron chi connectivity index (χ0n) is 11.6. The van der Waals surface area contributed by atoms with E-state index in [4.69, 9.17) is 10.2 Å². The first-order chi connectivity index (χ1) is 8.60. The van der Waals surface area contributed by atoms with Crippen LogP contribution in [0, 0.1) is 5.41 Å². The second-order valence-electron chi connectivity index (χ2n) is 4.71. The second-order valence-corrected chi connectivity index (χ2v) is 4.71. The summed E-state index contributed by atoms with van der Waals surface area (Å²) >= 11 is 0. The van der Waals surface area contributed by atoms with Crippen LogP contribution in [0.5, 0.6) is 0 Å². The first-order valence-electron chi connectivity index (χ1n) is 6.67. The number of amides is 1. The minimum absolute atomic E-state index is 0.00413. The molecule has 0 bridgehead atoms. The third-order valence-corrected chi connectivity index (χ3v) is 3.79. The van der Waals surface area contributed by atoms with Crippen LogP contribution in [0.2, 0.25) is 0 Å². The highest BCUT2D eigenvalue weighted by Crippen LogP contribution is 2.23. The predicted octanol–water partition coefficient (Wildman–Crippen LogP) is 2.34. The van der Waals surface area contributed by atoms with Crippen LogP contribution in [0.3, 0.4) is 0 Å². The van der Waals surface area contributed by atoms with Gasteiger partial charge in [0.1, 0.15) is 5.76 Å². The van der Waals surface area contributed by atoms with Gasteiger partial charge in [-0.25, -0.2) is 0 Å². The van der Waals surface area contributed by atoms with Crippen LogP contribution in [0.4, 0.5) is 0 Å². The van der Waals surface area contributed by atoms with Crippen molar-refractivity contribution in [3.05, 3.63) is 23.7 Å². The quantitative estimate of drug-likeness (QED) is 0.782. The Morgan fingerprint density at radius 2 is 2.00 bits per heavy atom. The van der Waals surface area contributed by atoms with Crippen molar-refractivity contribution in [1.82, 2.24) is 5.32 Å². The molecular formula is C14H24N2O2. The Labute approximate surface area is 109 Å². The zero-order chi connectivity index (χ0) is 13.6. The molecular weight excluding hydrogens is 228 g/mol. The van der Waals surface area contributed by atoms with Gasteiger partial charge in [-0.1, -0.05) is 20.8 Å².